The number of benzene rings is 1. The third kappa shape index (κ3) is 4.15. The first-order chi connectivity index (χ1) is 9.56. The highest BCUT2D eigenvalue weighted by Gasteiger charge is 2.12. The van der Waals surface area contributed by atoms with Gasteiger partial charge in [0.05, 0.1) is 11.2 Å². The Hall–Kier alpha value is -1.19. The summed E-state index contributed by atoms with van der Waals surface area (Å²) in [5, 5.41) is 5.71. The van der Waals surface area contributed by atoms with E-state index >= 15 is 0 Å². The molecule has 0 fully saturated rings. The van der Waals surface area contributed by atoms with E-state index in [9.17, 15) is 0 Å². The van der Waals surface area contributed by atoms with Crippen molar-refractivity contribution in [2.24, 2.45) is 5.92 Å². The van der Waals surface area contributed by atoms with E-state index in [0.29, 0.717) is 12.0 Å². The van der Waals surface area contributed by atoms with Crippen LogP contribution in [-0.2, 0) is 6.42 Å². The van der Waals surface area contributed by atoms with Crippen LogP contribution < -0.4 is 5.32 Å². The molecule has 20 heavy (non-hydrogen) atoms. The Kier molecular flexibility index (Phi) is 5.32. The number of rotatable bonds is 6. The highest BCUT2D eigenvalue weighted by Crippen LogP contribution is 2.20. The number of thiazole rings is 1. The Balaban J connectivity index is 1.97. The maximum absolute atomic E-state index is 4.37. The third-order valence-electron chi connectivity index (χ3n) is 3.52. The summed E-state index contributed by atoms with van der Waals surface area (Å²) in [6.45, 7) is 8.89. The second-order valence-corrected chi connectivity index (χ2v) is 6.58. The van der Waals surface area contributed by atoms with Crippen molar-refractivity contribution >= 4 is 11.3 Å². The van der Waals surface area contributed by atoms with Crippen LogP contribution in [-0.4, -0.2) is 4.98 Å². The predicted octanol–water partition coefficient (Wildman–Crippen LogP) is 4.75. The molecule has 0 spiro atoms. The fourth-order valence-electron chi connectivity index (χ4n) is 2.41. The van der Waals surface area contributed by atoms with Gasteiger partial charge in [-0.1, -0.05) is 38.1 Å². The zero-order valence-corrected chi connectivity index (χ0v) is 13.6. The zero-order valence-electron chi connectivity index (χ0n) is 12.8. The standard InChI is InChI=1S/C17H24N2S/c1-12(2)9-15-5-7-16(8-6-15)13(3)19-14(4)17-10-20-11-18-17/h5-8,10-14,19H,9H2,1-4H3. The molecule has 0 saturated heterocycles. The molecule has 0 radical (unpaired) electrons. The van der Waals surface area contributed by atoms with E-state index in [0.717, 1.165) is 12.1 Å². The molecule has 1 aromatic carbocycles. The molecule has 2 unspecified atom stereocenters. The summed E-state index contributed by atoms with van der Waals surface area (Å²) in [6, 6.07) is 9.60. The minimum atomic E-state index is 0.284. The monoisotopic (exact) mass is 288 g/mol. The number of hydrogen-bond acceptors (Lipinski definition) is 3. The van der Waals surface area contributed by atoms with Crippen molar-refractivity contribution in [3.63, 3.8) is 0 Å². The lowest BCUT2D eigenvalue weighted by molar-refractivity contribution is 0.488. The van der Waals surface area contributed by atoms with Crippen molar-refractivity contribution in [3.05, 3.63) is 52.0 Å². The van der Waals surface area contributed by atoms with Crippen LogP contribution in [0.1, 0.15) is 56.6 Å². The van der Waals surface area contributed by atoms with Crippen LogP contribution in [0.2, 0.25) is 0 Å². The highest BCUT2D eigenvalue weighted by atomic mass is 32.1. The molecule has 0 aliphatic rings. The van der Waals surface area contributed by atoms with E-state index in [-0.39, 0.29) is 6.04 Å². The number of nitrogens with zero attached hydrogens (tertiary/aromatic N) is 1. The summed E-state index contributed by atoms with van der Waals surface area (Å²) in [5.74, 6) is 0.709. The molecule has 1 N–H and O–H groups in total. The van der Waals surface area contributed by atoms with Crippen LogP contribution in [0, 0.1) is 5.92 Å². The van der Waals surface area contributed by atoms with E-state index < -0.39 is 0 Å². The van der Waals surface area contributed by atoms with Crippen LogP contribution in [0.3, 0.4) is 0 Å². The molecule has 0 saturated carbocycles. The van der Waals surface area contributed by atoms with E-state index in [1.807, 2.05) is 5.51 Å². The maximum Gasteiger partial charge on any atom is 0.0795 e. The average molecular weight is 288 g/mol. The lowest BCUT2D eigenvalue weighted by atomic mass is 9.99. The number of aromatic nitrogens is 1. The number of nitrogens with one attached hydrogen (secondary N) is 1. The third-order valence-corrected chi connectivity index (χ3v) is 4.12. The van der Waals surface area contributed by atoms with Gasteiger partial charge >= 0.3 is 0 Å². The van der Waals surface area contributed by atoms with Crippen molar-refractivity contribution in [3.8, 4) is 0 Å². The van der Waals surface area contributed by atoms with Gasteiger partial charge in [0.2, 0.25) is 0 Å². The summed E-state index contributed by atoms with van der Waals surface area (Å²) in [7, 11) is 0. The molecule has 108 valence electrons. The lowest BCUT2D eigenvalue weighted by Crippen LogP contribution is -2.22. The van der Waals surface area contributed by atoms with Gasteiger partial charge in [0, 0.05) is 17.5 Å². The fraction of sp³-hybridized carbons (Fsp3) is 0.471. The fourth-order valence-corrected chi connectivity index (χ4v) is 3.05. The van der Waals surface area contributed by atoms with Crippen LogP contribution >= 0.6 is 11.3 Å². The first-order valence-corrected chi connectivity index (χ1v) is 8.23. The molecule has 0 amide bonds. The smallest absolute Gasteiger partial charge is 0.0795 e. The van der Waals surface area contributed by atoms with Gasteiger partial charge < -0.3 is 5.32 Å². The van der Waals surface area contributed by atoms with Crippen molar-refractivity contribution < 1.29 is 0 Å². The van der Waals surface area contributed by atoms with Crippen LogP contribution in [0.25, 0.3) is 0 Å². The SMILES string of the molecule is CC(C)Cc1ccc(C(C)NC(C)c2cscn2)cc1. The quantitative estimate of drug-likeness (QED) is 0.829. The Morgan fingerprint density at radius 1 is 1.05 bits per heavy atom. The minimum Gasteiger partial charge on any atom is -0.302 e. The van der Waals surface area contributed by atoms with Gasteiger partial charge in [-0.3, -0.25) is 0 Å². The zero-order chi connectivity index (χ0) is 14.5. The number of hydrogen-bond donors (Lipinski definition) is 1. The molecule has 0 aliphatic heterocycles. The molecule has 2 nitrogen and oxygen atoms in total. The Morgan fingerprint density at radius 3 is 2.30 bits per heavy atom. The van der Waals surface area contributed by atoms with Crippen LogP contribution in [0.4, 0.5) is 0 Å². The summed E-state index contributed by atoms with van der Waals surface area (Å²) >= 11 is 1.65. The second-order valence-electron chi connectivity index (χ2n) is 5.86. The summed E-state index contributed by atoms with van der Waals surface area (Å²) in [5.41, 5.74) is 5.76. The second kappa shape index (κ2) is 7.00. The molecule has 2 rings (SSSR count). The Bertz CT molecular complexity index is 502. The van der Waals surface area contributed by atoms with Crippen molar-refractivity contribution in [2.45, 2.75) is 46.2 Å². The molecule has 1 heterocycles. The summed E-state index contributed by atoms with van der Waals surface area (Å²) in [4.78, 5) is 4.37. The average Bonchev–Trinajstić information content (AvgIpc) is 2.92. The van der Waals surface area contributed by atoms with Gasteiger partial charge in [-0.05, 0) is 37.3 Å². The Labute approximate surface area is 126 Å². The van der Waals surface area contributed by atoms with Crippen molar-refractivity contribution in [1.82, 2.24) is 10.3 Å². The minimum absolute atomic E-state index is 0.284. The topological polar surface area (TPSA) is 24.9 Å². The maximum atomic E-state index is 4.37. The van der Waals surface area contributed by atoms with E-state index in [1.54, 1.807) is 11.3 Å². The molecule has 2 atom stereocenters. The molecule has 2 aromatic rings. The van der Waals surface area contributed by atoms with Crippen molar-refractivity contribution in [2.75, 3.05) is 0 Å². The molecule has 0 aliphatic carbocycles. The highest BCUT2D eigenvalue weighted by molar-refractivity contribution is 7.07. The Morgan fingerprint density at radius 2 is 1.75 bits per heavy atom. The van der Waals surface area contributed by atoms with E-state index in [2.05, 4.69) is 67.6 Å². The van der Waals surface area contributed by atoms with Crippen LogP contribution in [0.5, 0.6) is 0 Å². The largest absolute Gasteiger partial charge is 0.302 e. The molecular formula is C17H24N2S. The van der Waals surface area contributed by atoms with Gasteiger partial charge in [0.15, 0.2) is 0 Å². The van der Waals surface area contributed by atoms with Gasteiger partial charge in [0.25, 0.3) is 0 Å². The van der Waals surface area contributed by atoms with Gasteiger partial charge in [0.1, 0.15) is 0 Å². The van der Waals surface area contributed by atoms with Gasteiger partial charge in [-0.25, -0.2) is 4.98 Å². The lowest BCUT2D eigenvalue weighted by Gasteiger charge is -2.19. The van der Waals surface area contributed by atoms with Gasteiger partial charge in [-0.2, -0.15) is 0 Å². The predicted molar refractivity (Wildman–Crippen MR) is 87.1 cm³/mol. The normalized spacial score (nSPS) is 14.4. The van der Waals surface area contributed by atoms with E-state index in [1.165, 1.54) is 11.1 Å². The first-order valence-electron chi connectivity index (χ1n) is 7.29. The van der Waals surface area contributed by atoms with E-state index in [4.69, 9.17) is 0 Å². The molecular weight excluding hydrogens is 264 g/mol. The summed E-state index contributed by atoms with van der Waals surface area (Å²) < 4.78 is 0. The molecule has 0 bridgehead atoms. The van der Waals surface area contributed by atoms with Gasteiger partial charge in [-0.15, -0.1) is 11.3 Å². The summed E-state index contributed by atoms with van der Waals surface area (Å²) in [6.07, 6.45) is 1.15. The van der Waals surface area contributed by atoms with Crippen LogP contribution in [0.15, 0.2) is 35.2 Å². The molecule has 3 heteroatoms. The first kappa shape index (κ1) is 15.2. The molecule has 1 aromatic heterocycles. The van der Waals surface area contributed by atoms with Crippen molar-refractivity contribution in [1.29, 1.82) is 0 Å².